The number of hydrogen-bond acceptors (Lipinski definition) is 3. The molecule has 0 saturated carbocycles. The van der Waals surface area contributed by atoms with E-state index in [9.17, 15) is 9.18 Å². The first kappa shape index (κ1) is 18.9. The van der Waals surface area contributed by atoms with Crippen molar-refractivity contribution in [3.63, 3.8) is 0 Å². The van der Waals surface area contributed by atoms with Gasteiger partial charge in [0.2, 0.25) is 0 Å². The Kier molecular flexibility index (Phi) is 5.30. The van der Waals surface area contributed by atoms with E-state index in [-0.39, 0.29) is 11.7 Å². The zero-order valence-electron chi connectivity index (χ0n) is 15.6. The highest BCUT2D eigenvalue weighted by Crippen LogP contribution is 2.28. The predicted octanol–water partition coefficient (Wildman–Crippen LogP) is 4.65. The summed E-state index contributed by atoms with van der Waals surface area (Å²) in [6, 6.07) is 6.31. The number of amides is 1. The SMILES string of the molecule is CCn1cc(Br)cc1C(=O)Nc1ccc(F)c(-c2nnc3n2CCCCC3)c1. The number of carbonyl (C=O) groups is 1. The number of fused-ring (bicyclic) bond motifs is 1. The lowest BCUT2D eigenvalue weighted by atomic mass is 10.1. The van der Waals surface area contributed by atoms with Gasteiger partial charge in [0, 0.05) is 35.9 Å². The Morgan fingerprint density at radius 1 is 1.25 bits per heavy atom. The number of anilines is 1. The molecule has 0 fully saturated rings. The van der Waals surface area contributed by atoms with E-state index < -0.39 is 0 Å². The third kappa shape index (κ3) is 3.61. The number of aromatic nitrogens is 4. The second-order valence-electron chi connectivity index (χ2n) is 6.88. The van der Waals surface area contributed by atoms with Crippen LogP contribution in [0.3, 0.4) is 0 Å². The van der Waals surface area contributed by atoms with Crippen molar-refractivity contribution in [3.05, 3.63) is 52.3 Å². The molecule has 1 amide bonds. The van der Waals surface area contributed by atoms with Crippen LogP contribution in [0.25, 0.3) is 11.4 Å². The molecule has 0 aliphatic carbocycles. The van der Waals surface area contributed by atoms with E-state index in [1.165, 1.54) is 6.07 Å². The maximum atomic E-state index is 14.6. The van der Waals surface area contributed by atoms with Crippen LogP contribution in [0.5, 0.6) is 0 Å². The molecule has 0 unspecified atom stereocenters. The van der Waals surface area contributed by atoms with E-state index in [4.69, 9.17) is 0 Å². The summed E-state index contributed by atoms with van der Waals surface area (Å²) < 4.78 is 19.3. The van der Waals surface area contributed by atoms with Crippen LogP contribution in [0.1, 0.15) is 42.5 Å². The van der Waals surface area contributed by atoms with Gasteiger partial charge in [-0.2, -0.15) is 0 Å². The number of aryl methyl sites for hydroxylation is 2. The first-order valence-corrected chi connectivity index (χ1v) is 10.2. The molecule has 0 atom stereocenters. The molecule has 4 rings (SSSR count). The Labute approximate surface area is 170 Å². The van der Waals surface area contributed by atoms with E-state index >= 15 is 0 Å². The molecule has 3 heterocycles. The summed E-state index contributed by atoms with van der Waals surface area (Å²) in [5.41, 5.74) is 1.41. The number of nitrogens with one attached hydrogen (secondary N) is 1. The summed E-state index contributed by atoms with van der Waals surface area (Å²) in [6.45, 7) is 3.43. The molecule has 3 aromatic rings. The maximum Gasteiger partial charge on any atom is 0.272 e. The average Bonchev–Trinajstić information content (AvgIpc) is 3.18. The third-order valence-electron chi connectivity index (χ3n) is 5.01. The number of benzene rings is 1. The van der Waals surface area contributed by atoms with Gasteiger partial charge in [-0.25, -0.2) is 4.39 Å². The number of halogens is 2. The summed E-state index contributed by atoms with van der Waals surface area (Å²) in [5, 5.41) is 11.3. The second-order valence-corrected chi connectivity index (χ2v) is 7.80. The number of carbonyl (C=O) groups excluding carboxylic acids is 1. The molecule has 1 aliphatic heterocycles. The smallest absolute Gasteiger partial charge is 0.272 e. The zero-order valence-corrected chi connectivity index (χ0v) is 17.2. The third-order valence-corrected chi connectivity index (χ3v) is 5.44. The Balaban J connectivity index is 1.65. The lowest BCUT2D eigenvalue weighted by molar-refractivity contribution is 0.101. The molecule has 0 radical (unpaired) electrons. The van der Waals surface area contributed by atoms with Gasteiger partial charge < -0.3 is 14.5 Å². The number of nitrogens with zero attached hydrogens (tertiary/aromatic N) is 4. The predicted molar refractivity (Wildman–Crippen MR) is 109 cm³/mol. The van der Waals surface area contributed by atoms with Crippen LogP contribution in [0.2, 0.25) is 0 Å². The minimum Gasteiger partial charge on any atom is -0.343 e. The van der Waals surface area contributed by atoms with Crippen LogP contribution in [-0.2, 0) is 19.5 Å². The molecular formula is C20H21BrFN5O. The molecular weight excluding hydrogens is 425 g/mol. The van der Waals surface area contributed by atoms with Gasteiger partial charge in [-0.3, -0.25) is 4.79 Å². The van der Waals surface area contributed by atoms with Crippen LogP contribution in [0.4, 0.5) is 10.1 Å². The van der Waals surface area contributed by atoms with Gasteiger partial charge in [-0.05, 0) is 60.0 Å². The summed E-state index contributed by atoms with van der Waals surface area (Å²) in [6.07, 6.45) is 5.95. The van der Waals surface area contributed by atoms with Crippen molar-refractivity contribution in [2.45, 2.75) is 45.7 Å². The molecule has 2 aromatic heterocycles. The van der Waals surface area contributed by atoms with Crippen molar-refractivity contribution in [2.24, 2.45) is 0 Å². The molecule has 1 N–H and O–H groups in total. The van der Waals surface area contributed by atoms with E-state index in [2.05, 4.69) is 31.4 Å². The van der Waals surface area contributed by atoms with Gasteiger partial charge in [-0.15, -0.1) is 10.2 Å². The fourth-order valence-electron chi connectivity index (χ4n) is 3.58. The fourth-order valence-corrected chi connectivity index (χ4v) is 4.04. The average molecular weight is 446 g/mol. The summed E-state index contributed by atoms with van der Waals surface area (Å²) in [5.74, 6) is 0.791. The van der Waals surface area contributed by atoms with E-state index in [1.54, 1.807) is 18.2 Å². The zero-order chi connectivity index (χ0) is 19.7. The molecule has 1 aromatic carbocycles. The first-order chi connectivity index (χ1) is 13.6. The van der Waals surface area contributed by atoms with Crippen LogP contribution in [-0.4, -0.2) is 25.2 Å². The van der Waals surface area contributed by atoms with Gasteiger partial charge in [0.1, 0.15) is 17.3 Å². The Morgan fingerprint density at radius 2 is 2.11 bits per heavy atom. The Morgan fingerprint density at radius 3 is 2.93 bits per heavy atom. The maximum absolute atomic E-state index is 14.6. The Bertz CT molecular complexity index is 1030. The second kappa shape index (κ2) is 7.87. The van der Waals surface area contributed by atoms with Gasteiger partial charge in [0.05, 0.1) is 5.56 Å². The van der Waals surface area contributed by atoms with Gasteiger partial charge in [-0.1, -0.05) is 6.42 Å². The minimum absolute atomic E-state index is 0.245. The van der Waals surface area contributed by atoms with Crippen LogP contribution in [0, 0.1) is 5.82 Å². The molecule has 0 saturated heterocycles. The topological polar surface area (TPSA) is 64.7 Å². The highest BCUT2D eigenvalue weighted by atomic mass is 79.9. The van der Waals surface area contributed by atoms with Crippen LogP contribution < -0.4 is 5.32 Å². The Hall–Kier alpha value is -2.48. The van der Waals surface area contributed by atoms with Gasteiger partial charge in [0.15, 0.2) is 5.82 Å². The van der Waals surface area contributed by atoms with E-state index in [0.717, 1.165) is 42.5 Å². The van der Waals surface area contributed by atoms with E-state index in [0.29, 0.717) is 29.3 Å². The molecule has 8 heteroatoms. The van der Waals surface area contributed by atoms with Crippen molar-refractivity contribution in [3.8, 4) is 11.4 Å². The fraction of sp³-hybridized carbons (Fsp3) is 0.350. The van der Waals surface area contributed by atoms with Crippen molar-refractivity contribution in [2.75, 3.05) is 5.32 Å². The van der Waals surface area contributed by atoms with Crippen molar-refractivity contribution in [1.29, 1.82) is 0 Å². The largest absolute Gasteiger partial charge is 0.343 e. The molecule has 28 heavy (non-hydrogen) atoms. The van der Waals surface area contributed by atoms with Crippen molar-refractivity contribution in [1.82, 2.24) is 19.3 Å². The van der Waals surface area contributed by atoms with Gasteiger partial charge in [0.25, 0.3) is 5.91 Å². The first-order valence-electron chi connectivity index (χ1n) is 9.46. The summed E-state index contributed by atoms with van der Waals surface area (Å²) in [7, 11) is 0. The molecule has 1 aliphatic rings. The van der Waals surface area contributed by atoms with Gasteiger partial charge >= 0.3 is 0 Å². The van der Waals surface area contributed by atoms with Crippen LogP contribution >= 0.6 is 15.9 Å². The standard InChI is InChI=1S/C20H21BrFN5O/c1-2-26-12-13(21)10-17(26)20(28)23-14-7-8-16(22)15(11-14)19-25-24-18-6-4-3-5-9-27(18)19/h7-8,10-12H,2-6,9H2,1H3,(H,23,28). The molecule has 0 spiro atoms. The number of rotatable bonds is 4. The summed E-state index contributed by atoms with van der Waals surface area (Å²) in [4.78, 5) is 12.7. The highest BCUT2D eigenvalue weighted by Gasteiger charge is 2.20. The molecule has 146 valence electrons. The normalized spacial score (nSPS) is 13.8. The number of hydrogen-bond donors (Lipinski definition) is 1. The van der Waals surface area contributed by atoms with E-state index in [1.807, 2.05) is 22.3 Å². The molecule has 0 bridgehead atoms. The quantitative estimate of drug-likeness (QED) is 0.635. The van der Waals surface area contributed by atoms with Crippen molar-refractivity contribution >= 4 is 27.5 Å². The lowest BCUT2D eigenvalue weighted by Crippen LogP contribution is -2.16. The molecule has 6 nitrogen and oxygen atoms in total. The lowest BCUT2D eigenvalue weighted by Gasteiger charge is -2.11. The monoisotopic (exact) mass is 445 g/mol. The van der Waals surface area contributed by atoms with Crippen molar-refractivity contribution < 1.29 is 9.18 Å². The highest BCUT2D eigenvalue weighted by molar-refractivity contribution is 9.10. The summed E-state index contributed by atoms with van der Waals surface area (Å²) >= 11 is 3.40. The minimum atomic E-state index is -0.378. The van der Waals surface area contributed by atoms with Crippen LogP contribution in [0.15, 0.2) is 34.9 Å².